The zero-order valence-corrected chi connectivity index (χ0v) is 15.9. The normalized spacial score (nSPS) is 17.0. The Hall–Kier alpha value is -3.14. The van der Waals surface area contributed by atoms with Crippen LogP contribution in [0, 0.1) is 13.8 Å². The van der Waals surface area contributed by atoms with Crippen molar-refractivity contribution in [1.29, 1.82) is 0 Å². The summed E-state index contributed by atoms with van der Waals surface area (Å²) in [5, 5.41) is 2.95. The summed E-state index contributed by atoms with van der Waals surface area (Å²) >= 11 is 0. The van der Waals surface area contributed by atoms with Gasteiger partial charge in [0.2, 0.25) is 0 Å². The summed E-state index contributed by atoms with van der Waals surface area (Å²) in [5.41, 5.74) is 4.73. The Kier molecular flexibility index (Phi) is 5.55. The molecule has 0 saturated heterocycles. The summed E-state index contributed by atoms with van der Waals surface area (Å²) < 4.78 is 0. The lowest BCUT2D eigenvalue weighted by molar-refractivity contribution is -0.111. The molecule has 0 bridgehead atoms. The SMILES string of the molecule is CCN1C=C(C(=O)/C=C/c2ccc(C)cc2)[C@@H](c2ccc(C)cc2)NC1=O. The van der Waals surface area contributed by atoms with Crippen LogP contribution >= 0.6 is 0 Å². The Morgan fingerprint density at radius 2 is 1.63 bits per heavy atom. The van der Waals surface area contributed by atoms with Gasteiger partial charge in [-0.3, -0.25) is 4.79 Å². The number of amides is 2. The van der Waals surface area contributed by atoms with Crippen LogP contribution in [0.5, 0.6) is 0 Å². The minimum atomic E-state index is -0.448. The van der Waals surface area contributed by atoms with E-state index in [1.54, 1.807) is 12.3 Å². The van der Waals surface area contributed by atoms with E-state index in [0.29, 0.717) is 12.1 Å². The molecule has 0 saturated carbocycles. The minimum absolute atomic E-state index is 0.111. The summed E-state index contributed by atoms with van der Waals surface area (Å²) in [7, 11) is 0. The van der Waals surface area contributed by atoms with Crippen LogP contribution in [0.25, 0.3) is 6.08 Å². The third-order valence-corrected chi connectivity index (χ3v) is 4.67. The Balaban J connectivity index is 1.91. The molecule has 3 rings (SSSR count). The molecule has 4 nitrogen and oxygen atoms in total. The van der Waals surface area contributed by atoms with E-state index < -0.39 is 6.04 Å². The van der Waals surface area contributed by atoms with Gasteiger partial charge in [0, 0.05) is 18.3 Å². The van der Waals surface area contributed by atoms with Crippen molar-refractivity contribution < 1.29 is 9.59 Å². The van der Waals surface area contributed by atoms with E-state index in [-0.39, 0.29) is 11.8 Å². The van der Waals surface area contributed by atoms with Crippen molar-refractivity contribution in [3.05, 3.63) is 88.6 Å². The predicted octanol–water partition coefficient (Wildman–Crippen LogP) is 4.56. The van der Waals surface area contributed by atoms with Crippen molar-refractivity contribution in [3.8, 4) is 0 Å². The summed E-state index contributed by atoms with van der Waals surface area (Å²) in [6.45, 7) is 6.42. The number of hydrogen-bond acceptors (Lipinski definition) is 2. The second-order valence-corrected chi connectivity index (χ2v) is 6.77. The van der Waals surface area contributed by atoms with Crippen molar-refractivity contribution >= 4 is 17.9 Å². The molecule has 1 N–H and O–H groups in total. The number of aryl methyl sites for hydroxylation is 2. The number of carbonyl (C=O) groups is 2. The van der Waals surface area contributed by atoms with E-state index in [9.17, 15) is 9.59 Å². The average molecular weight is 360 g/mol. The predicted molar refractivity (Wildman–Crippen MR) is 108 cm³/mol. The molecule has 2 aromatic rings. The van der Waals surface area contributed by atoms with Crippen LogP contribution < -0.4 is 5.32 Å². The van der Waals surface area contributed by atoms with Gasteiger partial charge in [-0.25, -0.2) is 4.79 Å². The van der Waals surface area contributed by atoms with E-state index >= 15 is 0 Å². The number of nitrogens with zero attached hydrogens (tertiary/aromatic N) is 1. The van der Waals surface area contributed by atoms with E-state index in [2.05, 4.69) is 5.32 Å². The number of benzene rings is 2. The van der Waals surface area contributed by atoms with E-state index in [4.69, 9.17) is 0 Å². The zero-order valence-electron chi connectivity index (χ0n) is 15.9. The number of allylic oxidation sites excluding steroid dienone is 1. The first-order valence-electron chi connectivity index (χ1n) is 9.12. The number of carbonyl (C=O) groups excluding carboxylic acids is 2. The molecule has 0 fully saturated rings. The van der Waals surface area contributed by atoms with Crippen molar-refractivity contribution in [2.45, 2.75) is 26.8 Å². The molecule has 0 radical (unpaired) electrons. The largest absolute Gasteiger partial charge is 0.327 e. The van der Waals surface area contributed by atoms with Gasteiger partial charge in [-0.15, -0.1) is 0 Å². The standard InChI is InChI=1S/C23H24N2O2/c1-4-25-15-20(21(26)14-11-18-9-5-16(2)6-10-18)22(24-23(25)27)19-12-7-17(3)8-13-19/h5-15,22H,4H2,1-3H3,(H,24,27)/b14-11+/t22-/m1/s1. The Morgan fingerprint density at radius 3 is 2.22 bits per heavy atom. The lowest BCUT2D eigenvalue weighted by Crippen LogP contribution is -2.44. The van der Waals surface area contributed by atoms with Gasteiger partial charge in [0.15, 0.2) is 5.78 Å². The molecular weight excluding hydrogens is 336 g/mol. The molecule has 0 aromatic heterocycles. The molecule has 1 aliphatic rings. The highest BCUT2D eigenvalue weighted by molar-refractivity contribution is 6.08. The highest BCUT2D eigenvalue weighted by Gasteiger charge is 2.30. The van der Waals surface area contributed by atoms with E-state index in [1.807, 2.05) is 75.4 Å². The molecule has 27 heavy (non-hydrogen) atoms. The van der Waals surface area contributed by atoms with E-state index in [0.717, 1.165) is 16.7 Å². The van der Waals surface area contributed by atoms with Gasteiger partial charge in [-0.1, -0.05) is 65.7 Å². The van der Waals surface area contributed by atoms with Crippen LogP contribution in [-0.2, 0) is 4.79 Å². The molecule has 4 heteroatoms. The maximum atomic E-state index is 12.9. The summed E-state index contributed by atoms with van der Waals surface area (Å²) in [4.78, 5) is 26.7. The van der Waals surface area contributed by atoms with Gasteiger partial charge in [-0.05, 0) is 38.0 Å². The monoisotopic (exact) mass is 360 g/mol. The second-order valence-electron chi connectivity index (χ2n) is 6.77. The fraction of sp³-hybridized carbons (Fsp3) is 0.217. The van der Waals surface area contributed by atoms with Crippen LogP contribution in [-0.4, -0.2) is 23.3 Å². The number of ketones is 1. The number of rotatable bonds is 5. The number of nitrogens with one attached hydrogen (secondary N) is 1. The van der Waals surface area contributed by atoms with Crippen LogP contribution in [0.15, 0.2) is 66.4 Å². The lowest BCUT2D eigenvalue weighted by atomic mass is 9.93. The van der Waals surface area contributed by atoms with Crippen molar-refractivity contribution in [1.82, 2.24) is 10.2 Å². The van der Waals surface area contributed by atoms with Gasteiger partial charge < -0.3 is 10.2 Å². The van der Waals surface area contributed by atoms with Gasteiger partial charge in [0.1, 0.15) is 0 Å². The van der Waals surface area contributed by atoms with Crippen LogP contribution in [0.3, 0.4) is 0 Å². The van der Waals surface area contributed by atoms with Gasteiger partial charge in [0.05, 0.1) is 6.04 Å². The first kappa shape index (κ1) is 18.6. The Labute approximate surface area is 160 Å². The lowest BCUT2D eigenvalue weighted by Gasteiger charge is -2.31. The molecule has 2 aromatic carbocycles. The molecule has 0 aliphatic carbocycles. The van der Waals surface area contributed by atoms with Crippen LogP contribution in [0.4, 0.5) is 4.79 Å². The quantitative estimate of drug-likeness (QED) is 0.795. The molecule has 1 aliphatic heterocycles. The summed E-state index contributed by atoms with van der Waals surface area (Å²) in [6.07, 6.45) is 5.05. The smallest absolute Gasteiger partial charge is 0.322 e. The molecule has 2 amide bonds. The van der Waals surface area contributed by atoms with Crippen molar-refractivity contribution in [2.75, 3.05) is 6.54 Å². The molecular formula is C23H24N2O2. The van der Waals surface area contributed by atoms with Crippen molar-refractivity contribution in [2.24, 2.45) is 0 Å². The fourth-order valence-electron chi connectivity index (χ4n) is 2.99. The topological polar surface area (TPSA) is 49.4 Å². The van der Waals surface area contributed by atoms with Crippen molar-refractivity contribution in [3.63, 3.8) is 0 Å². The molecule has 0 spiro atoms. The highest BCUT2D eigenvalue weighted by atomic mass is 16.2. The maximum absolute atomic E-state index is 12.9. The molecule has 138 valence electrons. The first-order valence-corrected chi connectivity index (χ1v) is 9.12. The molecule has 1 heterocycles. The van der Waals surface area contributed by atoms with Gasteiger partial charge >= 0.3 is 6.03 Å². The zero-order chi connectivity index (χ0) is 19.4. The molecule has 1 atom stereocenters. The summed E-state index contributed by atoms with van der Waals surface area (Å²) in [5.74, 6) is -0.111. The summed E-state index contributed by atoms with van der Waals surface area (Å²) in [6, 6.07) is 15.2. The average Bonchev–Trinajstić information content (AvgIpc) is 2.67. The molecule has 0 unspecified atom stereocenters. The fourth-order valence-corrected chi connectivity index (χ4v) is 2.99. The minimum Gasteiger partial charge on any atom is -0.327 e. The Morgan fingerprint density at radius 1 is 1.04 bits per heavy atom. The maximum Gasteiger partial charge on any atom is 0.322 e. The Bertz CT molecular complexity index is 893. The highest BCUT2D eigenvalue weighted by Crippen LogP contribution is 2.27. The van der Waals surface area contributed by atoms with Crippen LogP contribution in [0.1, 0.15) is 35.2 Å². The van der Waals surface area contributed by atoms with Gasteiger partial charge in [0.25, 0.3) is 0 Å². The first-order chi connectivity index (χ1) is 13.0. The second kappa shape index (κ2) is 8.04. The number of urea groups is 1. The van der Waals surface area contributed by atoms with Crippen LogP contribution in [0.2, 0.25) is 0 Å². The van der Waals surface area contributed by atoms with Gasteiger partial charge in [-0.2, -0.15) is 0 Å². The van der Waals surface area contributed by atoms with E-state index in [1.165, 1.54) is 10.5 Å². The third kappa shape index (κ3) is 4.34. The number of hydrogen-bond donors (Lipinski definition) is 1. The third-order valence-electron chi connectivity index (χ3n) is 4.67.